The normalized spacial score (nSPS) is 25.4. The zero-order valence-electron chi connectivity index (χ0n) is 8.81. The van der Waals surface area contributed by atoms with Crippen LogP contribution < -0.4 is 11.1 Å². The minimum atomic E-state index is 0.471. The molecule has 2 atom stereocenters. The van der Waals surface area contributed by atoms with Crippen LogP contribution in [-0.2, 0) is 0 Å². The molecule has 0 bridgehead atoms. The first-order chi connectivity index (χ1) is 7.29. The van der Waals surface area contributed by atoms with Crippen LogP contribution in [0.15, 0.2) is 12.4 Å². The van der Waals surface area contributed by atoms with Crippen LogP contribution in [0, 0.1) is 0 Å². The largest absolute Gasteiger partial charge is 0.382 e. The molecule has 0 spiro atoms. The van der Waals surface area contributed by atoms with Crippen molar-refractivity contribution in [3.63, 3.8) is 0 Å². The quantitative estimate of drug-likeness (QED) is 0.819. The first-order valence-electron chi connectivity index (χ1n) is 5.16. The average Bonchev–Trinajstić information content (AvgIpc) is 2.65. The SMILES string of the molecule is CSC1CCCC1Nc1cncc(N)n1. The Labute approximate surface area is 94.1 Å². The van der Waals surface area contributed by atoms with E-state index < -0.39 is 0 Å². The molecule has 1 aliphatic carbocycles. The Morgan fingerprint density at radius 3 is 3.07 bits per heavy atom. The molecule has 2 rings (SSSR count). The van der Waals surface area contributed by atoms with Crippen molar-refractivity contribution in [2.24, 2.45) is 0 Å². The van der Waals surface area contributed by atoms with Gasteiger partial charge in [0.25, 0.3) is 0 Å². The van der Waals surface area contributed by atoms with Gasteiger partial charge < -0.3 is 11.1 Å². The molecule has 1 aromatic rings. The van der Waals surface area contributed by atoms with Crippen LogP contribution in [0.1, 0.15) is 19.3 Å². The number of nitrogens with two attached hydrogens (primary N) is 1. The fourth-order valence-electron chi connectivity index (χ4n) is 2.01. The van der Waals surface area contributed by atoms with Gasteiger partial charge in [0.15, 0.2) is 0 Å². The Hall–Kier alpha value is -0.970. The Balaban J connectivity index is 2.02. The second-order valence-corrected chi connectivity index (χ2v) is 4.86. The standard InChI is InChI=1S/C10H16N4S/c1-15-8-4-2-3-7(8)13-10-6-12-5-9(11)14-10/h5-8H,2-4H2,1H3,(H3,11,13,14). The van der Waals surface area contributed by atoms with E-state index in [2.05, 4.69) is 21.5 Å². The van der Waals surface area contributed by atoms with E-state index >= 15 is 0 Å². The number of rotatable bonds is 3. The first-order valence-corrected chi connectivity index (χ1v) is 6.45. The zero-order chi connectivity index (χ0) is 10.7. The lowest BCUT2D eigenvalue weighted by atomic mass is 10.2. The molecule has 0 saturated heterocycles. The maximum Gasteiger partial charge on any atom is 0.147 e. The molecule has 15 heavy (non-hydrogen) atoms. The Bertz CT molecular complexity index is 331. The molecule has 3 N–H and O–H groups in total. The molecule has 82 valence electrons. The zero-order valence-corrected chi connectivity index (χ0v) is 9.63. The second kappa shape index (κ2) is 4.70. The summed E-state index contributed by atoms with van der Waals surface area (Å²) < 4.78 is 0. The van der Waals surface area contributed by atoms with Crippen molar-refractivity contribution in [3.8, 4) is 0 Å². The van der Waals surface area contributed by atoms with Crippen molar-refractivity contribution < 1.29 is 0 Å². The van der Waals surface area contributed by atoms with Crippen LogP contribution >= 0.6 is 11.8 Å². The van der Waals surface area contributed by atoms with Gasteiger partial charge in [-0.2, -0.15) is 11.8 Å². The summed E-state index contributed by atoms with van der Waals surface area (Å²) in [5.41, 5.74) is 5.58. The minimum absolute atomic E-state index is 0.471. The van der Waals surface area contributed by atoms with Gasteiger partial charge in [-0.1, -0.05) is 6.42 Å². The lowest BCUT2D eigenvalue weighted by Crippen LogP contribution is -2.26. The molecule has 0 amide bonds. The predicted molar refractivity (Wildman–Crippen MR) is 65.0 cm³/mol. The van der Waals surface area contributed by atoms with E-state index in [1.165, 1.54) is 19.3 Å². The number of nitrogens with zero attached hydrogens (tertiary/aromatic N) is 2. The summed E-state index contributed by atoms with van der Waals surface area (Å²) in [7, 11) is 0. The van der Waals surface area contributed by atoms with E-state index in [0.29, 0.717) is 17.1 Å². The average molecular weight is 224 g/mol. The highest BCUT2D eigenvalue weighted by Crippen LogP contribution is 2.30. The van der Waals surface area contributed by atoms with E-state index in [-0.39, 0.29) is 0 Å². The van der Waals surface area contributed by atoms with Gasteiger partial charge in [0.1, 0.15) is 11.6 Å². The molecular formula is C10H16N4S. The number of hydrogen-bond donors (Lipinski definition) is 2. The molecule has 1 fully saturated rings. The van der Waals surface area contributed by atoms with Crippen molar-refractivity contribution in [1.29, 1.82) is 0 Å². The highest BCUT2D eigenvalue weighted by Gasteiger charge is 2.26. The summed E-state index contributed by atoms with van der Waals surface area (Å²) in [5, 5.41) is 4.10. The van der Waals surface area contributed by atoms with Crippen LogP contribution in [0.5, 0.6) is 0 Å². The van der Waals surface area contributed by atoms with Crippen LogP contribution in [0.25, 0.3) is 0 Å². The molecule has 1 saturated carbocycles. The predicted octanol–water partition coefficient (Wildman–Crippen LogP) is 1.75. The number of nitrogen functional groups attached to an aromatic ring is 1. The summed E-state index contributed by atoms with van der Waals surface area (Å²) >= 11 is 1.92. The van der Waals surface area contributed by atoms with Gasteiger partial charge in [0, 0.05) is 11.3 Å². The monoisotopic (exact) mass is 224 g/mol. The highest BCUT2D eigenvalue weighted by molar-refractivity contribution is 7.99. The molecule has 2 unspecified atom stereocenters. The third kappa shape index (κ3) is 2.53. The Morgan fingerprint density at radius 1 is 1.47 bits per heavy atom. The number of thioether (sulfide) groups is 1. The topological polar surface area (TPSA) is 63.8 Å². The molecule has 0 aliphatic heterocycles. The molecule has 0 radical (unpaired) electrons. The van der Waals surface area contributed by atoms with Crippen LogP contribution in [0.2, 0.25) is 0 Å². The van der Waals surface area contributed by atoms with Gasteiger partial charge in [0.2, 0.25) is 0 Å². The summed E-state index contributed by atoms with van der Waals surface area (Å²) in [6.07, 6.45) is 9.24. The van der Waals surface area contributed by atoms with Crippen LogP contribution in [-0.4, -0.2) is 27.5 Å². The third-order valence-corrected chi connectivity index (χ3v) is 3.91. The van der Waals surface area contributed by atoms with Crippen molar-refractivity contribution in [1.82, 2.24) is 9.97 Å². The van der Waals surface area contributed by atoms with E-state index in [9.17, 15) is 0 Å². The van der Waals surface area contributed by atoms with Crippen molar-refractivity contribution >= 4 is 23.4 Å². The van der Waals surface area contributed by atoms with E-state index in [4.69, 9.17) is 5.73 Å². The van der Waals surface area contributed by atoms with Crippen molar-refractivity contribution in [2.75, 3.05) is 17.3 Å². The van der Waals surface area contributed by atoms with Gasteiger partial charge in [-0.3, -0.25) is 4.98 Å². The van der Waals surface area contributed by atoms with Crippen molar-refractivity contribution in [2.45, 2.75) is 30.6 Å². The van der Waals surface area contributed by atoms with Crippen molar-refractivity contribution in [3.05, 3.63) is 12.4 Å². The number of aromatic nitrogens is 2. The van der Waals surface area contributed by atoms with Gasteiger partial charge >= 0.3 is 0 Å². The summed E-state index contributed by atoms with van der Waals surface area (Å²) in [4.78, 5) is 8.22. The molecule has 4 nitrogen and oxygen atoms in total. The second-order valence-electron chi connectivity index (χ2n) is 3.79. The molecule has 1 aromatic heterocycles. The van der Waals surface area contributed by atoms with Crippen LogP contribution in [0.4, 0.5) is 11.6 Å². The number of nitrogens with one attached hydrogen (secondary N) is 1. The molecule has 1 heterocycles. The smallest absolute Gasteiger partial charge is 0.147 e. The van der Waals surface area contributed by atoms with E-state index in [1.807, 2.05) is 11.8 Å². The fraction of sp³-hybridized carbons (Fsp3) is 0.600. The minimum Gasteiger partial charge on any atom is -0.382 e. The Kier molecular flexibility index (Phi) is 3.30. The van der Waals surface area contributed by atoms with E-state index in [1.54, 1.807) is 12.4 Å². The first kappa shape index (κ1) is 10.5. The summed E-state index contributed by atoms with van der Waals surface area (Å²) in [6, 6.07) is 0.510. The van der Waals surface area contributed by atoms with E-state index in [0.717, 1.165) is 5.82 Å². The maximum absolute atomic E-state index is 5.58. The van der Waals surface area contributed by atoms with Gasteiger partial charge in [-0.15, -0.1) is 0 Å². The van der Waals surface area contributed by atoms with Crippen LogP contribution in [0.3, 0.4) is 0 Å². The third-order valence-electron chi connectivity index (χ3n) is 2.74. The Morgan fingerprint density at radius 2 is 2.33 bits per heavy atom. The summed E-state index contributed by atoms with van der Waals surface area (Å²) in [6.45, 7) is 0. The lowest BCUT2D eigenvalue weighted by molar-refractivity contribution is 0.762. The molecular weight excluding hydrogens is 208 g/mol. The van der Waals surface area contributed by atoms with Gasteiger partial charge in [0.05, 0.1) is 12.4 Å². The maximum atomic E-state index is 5.58. The summed E-state index contributed by atoms with van der Waals surface area (Å²) in [5.74, 6) is 1.26. The number of anilines is 2. The van der Waals surface area contributed by atoms with Gasteiger partial charge in [-0.25, -0.2) is 4.98 Å². The highest BCUT2D eigenvalue weighted by atomic mass is 32.2. The van der Waals surface area contributed by atoms with Gasteiger partial charge in [-0.05, 0) is 19.1 Å². The molecule has 5 heteroatoms. The number of hydrogen-bond acceptors (Lipinski definition) is 5. The molecule has 0 aromatic carbocycles. The molecule has 1 aliphatic rings. The lowest BCUT2D eigenvalue weighted by Gasteiger charge is -2.19. The fourth-order valence-corrected chi connectivity index (χ4v) is 2.95.